The summed E-state index contributed by atoms with van der Waals surface area (Å²) >= 11 is 0. The van der Waals surface area contributed by atoms with Gasteiger partial charge in [0.1, 0.15) is 17.4 Å². The van der Waals surface area contributed by atoms with E-state index in [2.05, 4.69) is 10.5 Å². The third kappa shape index (κ3) is 4.63. The number of nitrogens with one attached hydrogen (secondary N) is 1. The van der Waals surface area contributed by atoms with E-state index in [0.717, 1.165) is 12.3 Å². The molecule has 1 aromatic rings. The Morgan fingerprint density at radius 2 is 1.93 bits per heavy atom. The lowest BCUT2D eigenvalue weighted by Gasteiger charge is -2.34. The molecule has 1 atom stereocenters. The molecule has 0 aliphatic carbocycles. The average molecular weight is 395 g/mol. The number of nitrogens with zero attached hydrogens (tertiary/aromatic N) is 2. The first-order valence-corrected chi connectivity index (χ1v) is 8.56. The van der Waals surface area contributed by atoms with Gasteiger partial charge in [0.2, 0.25) is 5.75 Å². The van der Waals surface area contributed by atoms with E-state index < -0.39 is 46.6 Å². The lowest BCUT2D eigenvalue weighted by Crippen LogP contribution is -2.54. The molecular weight excluding hydrogens is 370 g/mol. The Morgan fingerprint density at radius 1 is 1.29 bits per heavy atom. The Morgan fingerprint density at radius 3 is 2.54 bits per heavy atom. The minimum absolute atomic E-state index is 0.0428. The van der Waals surface area contributed by atoms with Crippen LogP contribution in [0.4, 0.5) is 4.79 Å². The highest BCUT2D eigenvalue weighted by molar-refractivity contribution is 5.89. The summed E-state index contributed by atoms with van der Waals surface area (Å²) in [6.07, 6.45) is 0.394. The average Bonchev–Trinajstić information content (AvgIpc) is 2.88. The van der Waals surface area contributed by atoms with Crippen molar-refractivity contribution in [2.75, 3.05) is 6.61 Å². The first-order chi connectivity index (χ1) is 12.8. The highest BCUT2D eigenvalue weighted by Gasteiger charge is 2.48. The van der Waals surface area contributed by atoms with Crippen LogP contribution >= 0.6 is 0 Å². The quantitative estimate of drug-likeness (QED) is 0.346. The van der Waals surface area contributed by atoms with Gasteiger partial charge in [-0.3, -0.25) is 9.69 Å². The maximum Gasteiger partial charge on any atom is 0.413 e. The molecule has 1 aliphatic heterocycles. The number of benzene rings is 1. The highest BCUT2D eigenvalue weighted by atomic mass is 16.6. The molecule has 1 aromatic carbocycles. The van der Waals surface area contributed by atoms with Crippen molar-refractivity contribution >= 4 is 18.2 Å². The molecular formula is C18H25N3O7. The number of aromatic hydroxyl groups is 3. The van der Waals surface area contributed by atoms with Crippen molar-refractivity contribution in [1.82, 2.24) is 10.3 Å². The molecule has 1 unspecified atom stereocenters. The van der Waals surface area contributed by atoms with E-state index in [1.807, 2.05) is 0 Å². The maximum atomic E-state index is 12.5. The number of carbonyl (C=O) groups excluding carboxylic acids is 2. The number of phenols is 3. The zero-order chi connectivity index (χ0) is 21.3. The van der Waals surface area contributed by atoms with Gasteiger partial charge in [0, 0.05) is 5.56 Å². The molecule has 0 saturated carbocycles. The lowest BCUT2D eigenvalue weighted by atomic mass is 10.2. The predicted molar refractivity (Wildman–Crippen MR) is 99.1 cm³/mol. The fraction of sp³-hybridized carbons (Fsp3) is 0.500. The van der Waals surface area contributed by atoms with Gasteiger partial charge in [0.05, 0.1) is 12.8 Å². The second-order valence-electron chi connectivity index (χ2n) is 7.73. The normalized spacial score (nSPS) is 19.0. The molecule has 10 nitrogen and oxygen atoms in total. The SMILES string of the molecule is CC(C)(C)OC(=O)N1C(C(=O)N/N=C/c2ccc(O)c(O)c2O)COC1(C)C. The lowest BCUT2D eigenvalue weighted by molar-refractivity contribution is -0.126. The fourth-order valence-electron chi connectivity index (χ4n) is 2.58. The molecule has 1 fully saturated rings. The zero-order valence-electron chi connectivity index (χ0n) is 16.4. The molecule has 1 aliphatic rings. The molecule has 1 heterocycles. The topological polar surface area (TPSA) is 141 Å². The Hall–Kier alpha value is -3.01. The van der Waals surface area contributed by atoms with Crippen LogP contribution in [-0.2, 0) is 14.3 Å². The summed E-state index contributed by atoms with van der Waals surface area (Å²) in [5, 5.41) is 32.3. The van der Waals surface area contributed by atoms with Crippen LogP contribution in [0.15, 0.2) is 17.2 Å². The first kappa shape index (κ1) is 21.3. The second kappa shape index (κ2) is 7.55. The van der Waals surface area contributed by atoms with Gasteiger partial charge in [-0.25, -0.2) is 10.2 Å². The molecule has 4 N–H and O–H groups in total. The number of amides is 2. The van der Waals surface area contributed by atoms with Gasteiger partial charge >= 0.3 is 6.09 Å². The van der Waals surface area contributed by atoms with Crippen molar-refractivity contribution < 1.29 is 34.4 Å². The van der Waals surface area contributed by atoms with E-state index >= 15 is 0 Å². The van der Waals surface area contributed by atoms with Crippen LogP contribution in [-0.4, -0.2) is 62.4 Å². The minimum atomic E-state index is -1.05. The molecule has 0 spiro atoms. The smallest absolute Gasteiger partial charge is 0.413 e. The van der Waals surface area contributed by atoms with Crippen LogP contribution in [0.3, 0.4) is 0 Å². The number of hydrogen-bond acceptors (Lipinski definition) is 8. The van der Waals surface area contributed by atoms with E-state index in [0.29, 0.717) is 0 Å². The van der Waals surface area contributed by atoms with Crippen LogP contribution < -0.4 is 5.43 Å². The third-order valence-electron chi connectivity index (χ3n) is 3.92. The number of phenolic OH excluding ortho intramolecular Hbond substituents is 3. The summed E-state index contributed by atoms with van der Waals surface area (Å²) in [4.78, 5) is 26.2. The van der Waals surface area contributed by atoms with Gasteiger partial charge in [-0.1, -0.05) is 0 Å². The van der Waals surface area contributed by atoms with Gasteiger partial charge in [-0.2, -0.15) is 5.10 Å². The monoisotopic (exact) mass is 395 g/mol. The van der Waals surface area contributed by atoms with Crippen LogP contribution in [0.5, 0.6) is 17.2 Å². The van der Waals surface area contributed by atoms with Gasteiger partial charge in [0.15, 0.2) is 11.5 Å². The van der Waals surface area contributed by atoms with Crippen LogP contribution in [0.2, 0.25) is 0 Å². The summed E-state index contributed by atoms with van der Waals surface area (Å²) in [6.45, 7) is 8.39. The Kier molecular flexibility index (Phi) is 5.74. The highest BCUT2D eigenvalue weighted by Crippen LogP contribution is 2.36. The van der Waals surface area contributed by atoms with Crippen molar-refractivity contribution in [3.63, 3.8) is 0 Å². The zero-order valence-corrected chi connectivity index (χ0v) is 16.4. The van der Waals surface area contributed by atoms with E-state index in [4.69, 9.17) is 9.47 Å². The number of rotatable bonds is 3. The summed E-state index contributed by atoms with van der Waals surface area (Å²) in [5.74, 6) is -2.39. The molecule has 28 heavy (non-hydrogen) atoms. The van der Waals surface area contributed by atoms with Crippen molar-refractivity contribution in [3.8, 4) is 17.2 Å². The molecule has 1 saturated heterocycles. The van der Waals surface area contributed by atoms with E-state index in [1.165, 1.54) is 11.0 Å². The predicted octanol–water partition coefficient (Wildman–Crippen LogP) is 1.63. The maximum absolute atomic E-state index is 12.5. The van der Waals surface area contributed by atoms with Crippen molar-refractivity contribution in [2.24, 2.45) is 5.10 Å². The van der Waals surface area contributed by atoms with Gasteiger partial charge in [-0.15, -0.1) is 0 Å². The van der Waals surface area contributed by atoms with Crippen molar-refractivity contribution in [2.45, 2.75) is 52.0 Å². The van der Waals surface area contributed by atoms with Crippen molar-refractivity contribution in [1.29, 1.82) is 0 Å². The minimum Gasteiger partial charge on any atom is -0.504 e. The molecule has 0 aromatic heterocycles. The largest absolute Gasteiger partial charge is 0.504 e. The molecule has 10 heteroatoms. The van der Waals surface area contributed by atoms with Crippen LogP contribution in [0, 0.1) is 0 Å². The van der Waals surface area contributed by atoms with Gasteiger partial charge in [0.25, 0.3) is 5.91 Å². The molecule has 154 valence electrons. The third-order valence-corrected chi connectivity index (χ3v) is 3.92. The number of ether oxygens (including phenoxy) is 2. The molecule has 2 rings (SSSR count). The molecule has 0 radical (unpaired) electrons. The number of hydrogen-bond donors (Lipinski definition) is 4. The summed E-state index contributed by atoms with van der Waals surface area (Å²) in [5.41, 5.74) is 0.548. The fourth-order valence-corrected chi connectivity index (χ4v) is 2.58. The van der Waals surface area contributed by atoms with E-state index in [9.17, 15) is 24.9 Å². The molecule has 2 amide bonds. The first-order valence-electron chi connectivity index (χ1n) is 8.56. The Balaban J connectivity index is 2.12. The summed E-state index contributed by atoms with van der Waals surface area (Å²) in [7, 11) is 0. The van der Waals surface area contributed by atoms with E-state index in [1.54, 1.807) is 34.6 Å². The number of hydrazone groups is 1. The van der Waals surface area contributed by atoms with Gasteiger partial charge < -0.3 is 24.8 Å². The van der Waals surface area contributed by atoms with Crippen LogP contribution in [0.1, 0.15) is 40.2 Å². The van der Waals surface area contributed by atoms with Gasteiger partial charge in [-0.05, 0) is 46.8 Å². The number of carbonyl (C=O) groups is 2. The Bertz CT molecular complexity index is 799. The van der Waals surface area contributed by atoms with Crippen molar-refractivity contribution in [3.05, 3.63) is 17.7 Å². The standard InChI is InChI=1S/C18H25N3O7/c1-17(2,3)28-16(26)21-11(9-27-18(21,4)5)15(25)20-19-8-10-6-7-12(22)14(24)13(10)23/h6-8,11,22-24H,9H2,1-5H3,(H,20,25)/b19-8+. The van der Waals surface area contributed by atoms with Crippen LogP contribution in [0.25, 0.3) is 0 Å². The second-order valence-corrected chi connectivity index (χ2v) is 7.73. The summed E-state index contributed by atoms with van der Waals surface area (Å²) in [6, 6.07) is 1.49. The molecule has 0 bridgehead atoms. The summed E-state index contributed by atoms with van der Waals surface area (Å²) < 4.78 is 10.9. The Labute approximate surface area is 162 Å². The van der Waals surface area contributed by atoms with E-state index in [-0.39, 0.29) is 12.2 Å².